The monoisotopic (exact) mass is 354 g/mol. The lowest BCUT2D eigenvalue weighted by atomic mass is 10.1. The molecule has 9 nitrogen and oxygen atoms in total. The van der Waals surface area contributed by atoms with Crippen LogP contribution in [0.4, 0.5) is 11.4 Å². The highest BCUT2D eigenvalue weighted by Crippen LogP contribution is 2.27. The van der Waals surface area contributed by atoms with Gasteiger partial charge in [-0.2, -0.15) is 5.10 Å². The average molecular weight is 354 g/mol. The van der Waals surface area contributed by atoms with Gasteiger partial charge in [-0.25, -0.2) is 13.8 Å². The number of benzene rings is 1. The second-order valence-electron chi connectivity index (χ2n) is 5.73. The maximum Gasteiger partial charge on any atom is 0.293 e. The molecule has 0 unspecified atom stereocenters. The summed E-state index contributed by atoms with van der Waals surface area (Å²) >= 11 is 0. The Bertz CT molecular complexity index is 788. The third kappa shape index (κ3) is 4.28. The molecule has 1 heterocycles. The first kappa shape index (κ1) is 17.9. The summed E-state index contributed by atoms with van der Waals surface area (Å²) in [6.07, 6.45) is 1.57. The fourth-order valence-corrected chi connectivity index (χ4v) is 4.15. The molecule has 0 saturated carbocycles. The van der Waals surface area contributed by atoms with Gasteiger partial charge in [0.05, 0.1) is 28.6 Å². The molecule has 0 bridgehead atoms. The van der Waals surface area contributed by atoms with Crippen LogP contribution < -0.4 is 10.3 Å². The topological polar surface area (TPSA) is 122 Å². The Labute approximate surface area is 139 Å². The molecular formula is C14H18N4O5S. The fraction of sp³-hybridized carbons (Fsp3) is 0.429. The van der Waals surface area contributed by atoms with E-state index < -0.39 is 26.6 Å². The Hall–Kier alpha value is -2.49. The maximum absolute atomic E-state index is 11.8. The molecule has 10 heteroatoms. The zero-order chi connectivity index (χ0) is 17.9. The summed E-state index contributed by atoms with van der Waals surface area (Å²) in [4.78, 5) is 24.1. The molecule has 0 radical (unpaired) electrons. The predicted molar refractivity (Wildman–Crippen MR) is 89.9 cm³/mol. The number of nitro benzene ring substituents is 1. The van der Waals surface area contributed by atoms with Gasteiger partial charge in [-0.1, -0.05) is 6.07 Å². The Morgan fingerprint density at radius 1 is 1.46 bits per heavy atom. The van der Waals surface area contributed by atoms with E-state index in [-0.39, 0.29) is 23.6 Å². The van der Waals surface area contributed by atoms with Crippen LogP contribution in [0.25, 0.3) is 0 Å². The molecule has 1 N–H and O–H groups in total. The summed E-state index contributed by atoms with van der Waals surface area (Å²) in [5.74, 6) is -1.23. The number of carbonyl (C=O) groups excluding carboxylic acids is 1. The van der Waals surface area contributed by atoms with Gasteiger partial charge in [0, 0.05) is 25.7 Å². The molecule has 1 aromatic rings. The molecule has 1 saturated heterocycles. The van der Waals surface area contributed by atoms with Crippen molar-refractivity contribution in [3.63, 3.8) is 0 Å². The zero-order valence-corrected chi connectivity index (χ0v) is 14.1. The Balaban J connectivity index is 2.05. The van der Waals surface area contributed by atoms with E-state index in [2.05, 4.69) is 10.5 Å². The van der Waals surface area contributed by atoms with Crippen LogP contribution >= 0.6 is 0 Å². The summed E-state index contributed by atoms with van der Waals surface area (Å²) in [6, 6.07) is 4.58. The molecule has 1 aliphatic rings. The van der Waals surface area contributed by atoms with Gasteiger partial charge in [0.2, 0.25) is 5.91 Å². The van der Waals surface area contributed by atoms with Gasteiger partial charge in [0.25, 0.3) is 5.69 Å². The van der Waals surface area contributed by atoms with Crippen molar-refractivity contribution in [3.8, 4) is 0 Å². The quantitative estimate of drug-likeness (QED) is 0.468. The van der Waals surface area contributed by atoms with Crippen LogP contribution in [0.2, 0.25) is 0 Å². The van der Waals surface area contributed by atoms with Crippen LogP contribution in [-0.2, 0) is 14.6 Å². The van der Waals surface area contributed by atoms with Crippen LogP contribution in [-0.4, -0.2) is 51.1 Å². The molecule has 0 aliphatic carbocycles. The molecule has 1 aromatic carbocycles. The zero-order valence-electron chi connectivity index (χ0n) is 13.3. The van der Waals surface area contributed by atoms with Crippen molar-refractivity contribution in [1.29, 1.82) is 0 Å². The number of nitrogens with one attached hydrogen (secondary N) is 1. The molecule has 1 atom stereocenters. The molecule has 1 aliphatic heterocycles. The van der Waals surface area contributed by atoms with Gasteiger partial charge in [0.1, 0.15) is 5.69 Å². The number of anilines is 1. The lowest BCUT2D eigenvalue weighted by Gasteiger charge is -2.12. The minimum absolute atomic E-state index is 0.00694. The van der Waals surface area contributed by atoms with E-state index in [0.717, 1.165) is 0 Å². The van der Waals surface area contributed by atoms with Crippen molar-refractivity contribution >= 4 is 33.3 Å². The van der Waals surface area contributed by atoms with Crippen LogP contribution in [0, 0.1) is 16.0 Å². The molecule has 130 valence electrons. The van der Waals surface area contributed by atoms with E-state index in [1.807, 2.05) is 0 Å². The Kier molecular flexibility index (Phi) is 5.17. The number of hydrogen-bond donors (Lipinski definition) is 1. The molecular weight excluding hydrogens is 336 g/mol. The molecule has 2 rings (SSSR count). The summed E-state index contributed by atoms with van der Waals surface area (Å²) in [7, 11) is 0.263. The summed E-state index contributed by atoms with van der Waals surface area (Å²) in [6.45, 7) is 0. The summed E-state index contributed by atoms with van der Waals surface area (Å²) in [5, 5.41) is 14.9. The standard InChI is InChI=1S/C14H18N4O5S/c1-17(2)12-4-3-10(7-13(12)18(20)21)8-15-16-14(19)11-5-6-24(22,23)9-11/h3-4,7-8,11H,5-6,9H2,1-2H3,(H,16,19)/b15-8-/t11-/m0/s1. The number of sulfone groups is 1. The van der Waals surface area contributed by atoms with Gasteiger partial charge in [-0.3, -0.25) is 14.9 Å². The number of rotatable bonds is 5. The van der Waals surface area contributed by atoms with Crippen molar-refractivity contribution in [2.75, 3.05) is 30.5 Å². The first-order valence-corrected chi connectivity index (χ1v) is 9.01. The van der Waals surface area contributed by atoms with E-state index in [0.29, 0.717) is 11.3 Å². The van der Waals surface area contributed by atoms with Crippen molar-refractivity contribution in [1.82, 2.24) is 5.43 Å². The third-order valence-electron chi connectivity index (χ3n) is 3.67. The summed E-state index contributed by atoms with van der Waals surface area (Å²) < 4.78 is 22.7. The molecule has 0 aromatic heterocycles. The Morgan fingerprint density at radius 2 is 2.17 bits per heavy atom. The minimum atomic E-state index is -3.14. The number of nitro groups is 1. The summed E-state index contributed by atoms with van der Waals surface area (Å²) in [5.41, 5.74) is 3.12. The molecule has 0 spiro atoms. The van der Waals surface area contributed by atoms with Crippen molar-refractivity contribution in [3.05, 3.63) is 33.9 Å². The number of hydrazone groups is 1. The van der Waals surface area contributed by atoms with Crippen molar-refractivity contribution in [2.45, 2.75) is 6.42 Å². The fourth-order valence-electron chi connectivity index (χ4n) is 2.41. The van der Waals surface area contributed by atoms with Crippen LogP contribution in [0.1, 0.15) is 12.0 Å². The van der Waals surface area contributed by atoms with E-state index >= 15 is 0 Å². The first-order valence-electron chi connectivity index (χ1n) is 7.19. The van der Waals surface area contributed by atoms with E-state index in [9.17, 15) is 23.3 Å². The molecule has 1 fully saturated rings. The second-order valence-corrected chi connectivity index (χ2v) is 7.96. The highest BCUT2D eigenvalue weighted by molar-refractivity contribution is 7.91. The SMILES string of the molecule is CN(C)c1ccc(/C=N\NC(=O)[C@H]2CCS(=O)(=O)C2)cc1[N+](=O)[O-]. The van der Waals surface area contributed by atoms with Gasteiger partial charge in [-0.15, -0.1) is 0 Å². The minimum Gasteiger partial charge on any atom is -0.372 e. The highest BCUT2D eigenvalue weighted by Gasteiger charge is 2.32. The van der Waals surface area contributed by atoms with Gasteiger partial charge < -0.3 is 4.90 Å². The highest BCUT2D eigenvalue weighted by atomic mass is 32.2. The number of amides is 1. The van der Waals surface area contributed by atoms with Crippen LogP contribution in [0.5, 0.6) is 0 Å². The molecule has 24 heavy (non-hydrogen) atoms. The molecule has 1 amide bonds. The Morgan fingerprint density at radius 3 is 2.71 bits per heavy atom. The van der Waals surface area contributed by atoms with E-state index in [1.165, 1.54) is 12.3 Å². The number of nitrogens with zero attached hydrogens (tertiary/aromatic N) is 3. The van der Waals surface area contributed by atoms with Gasteiger partial charge >= 0.3 is 0 Å². The van der Waals surface area contributed by atoms with E-state index in [4.69, 9.17) is 0 Å². The normalized spacial score (nSPS) is 19.3. The number of hydrogen-bond acceptors (Lipinski definition) is 7. The second kappa shape index (κ2) is 6.95. The van der Waals surface area contributed by atoms with Crippen LogP contribution in [0.15, 0.2) is 23.3 Å². The first-order chi connectivity index (χ1) is 11.2. The average Bonchev–Trinajstić information content (AvgIpc) is 2.87. The van der Waals surface area contributed by atoms with Crippen molar-refractivity contribution < 1.29 is 18.1 Å². The largest absolute Gasteiger partial charge is 0.372 e. The lowest BCUT2D eigenvalue weighted by molar-refractivity contribution is -0.384. The van der Waals surface area contributed by atoms with Crippen molar-refractivity contribution in [2.24, 2.45) is 11.0 Å². The van der Waals surface area contributed by atoms with Crippen LogP contribution in [0.3, 0.4) is 0 Å². The number of carbonyl (C=O) groups is 1. The lowest BCUT2D eigenvalue weighted by Crippen LogP contribution is -2.27. The van der Waals surface area contributed by atoms with E-state index in [1.54, 1.807) is 31.1 Å². The smallest absolute Gasteiger partial charge is 0.293 e. The third-order valence-corrected chi connectivity index (χ3v) is 5.44. The predicted octanol–water partition coefficient (Wildman–Crippen LogP) is 0.546. The maximum atomic E-state index is 11.8. The van der Waals surface area contributed by atoms with Gasteiger partial charge in [-0.05, 0) is 12.5 Å². The van der Waals surface area contributed by atoms with Gasteiger partial charge in [0.15, 0.2) is 9.84 Å².